The van der Waals surface area contributed by atoms with E-state index in [1.807, 2.05) is 6.92 Å². The van der Waals surface area contributed by atoms with Crippen LogP contribution in [0, 0.1) is 24.2 Å². The van der Waals surface area contributed by atoms with Crippen LogP contribution >= 0.6 is 11.3 Å². The fraction of sp³-hybridized carbons (Fsp3) is 0.692. The summed E-state index contributed by atoms with van der Waals surface area (Å²) in [4.78, 5) is 4.44. The fourth-order valence-electron chi connectivity index (χ4n) is 2.43. The van der Waals surface area contributed by atoms with Crippen LogP contribution in [0.5, 0.6) is 0 Å². The predicted molar refractivity (Wildman–Crippen MR) is 69.7 cm³/mol. The number of thiazole rings is 1. The minimum absolute atomic E-state index is 0.178. The molecule has 4 heteroatoms. The van der Waals surface area contributed by atoms with Gasteiger partial charge in [-0.05, 0) is 19.8 Å². The molecular formula is C13H19N3S. The number of aryl methyl sites for hydroxylation is 1. The second-order valence-electron chi connectivity index (χ2n) is 4.72. The highest BCUT2D eigenvalue weighted by atomic mass is 32.1. The summed E-state index contributed by atoms with van der Waals surface area (Å²) in [6.07, 6.45) is 5.88. The minimum atomic E-state index is 0.178. The fourth-order valence-corrected chi connectivity index (χ4v) is 3.04. The molecule has 0 aromatic carbocycles. The summed E-state index contributed by atoms with van der Waals surface area (Å²) in [6, 6.07) is 2.81. The molecule has 0 spiro atoms. The molecule has 2 rings (SSSR count). The molecule has 0 saturated heterocycles. The quantitative estimate of drug-likeness (QED) is 0.838. The highest BCUT2D eigenvalue weighted by Gasteiger charge is 2.22. The van der Waals surface area contributed by atoms with E-state index in [0.29, 0.717) is 6.04 Å². The van der Waals surface area contributed by atoms with Crippen LogP contribution in [0.25, 0.3) is 0 Å². The topological polar surface area (TPSA) is 48.7 Å². The Morgan fingerprint density at radius 3 is 3.00 bits per heavy atom. The number of nitriles is 1. The smallest absolute Gasteiger partial charge is 0.0897 e. The van der Waals surface area contributed by atoms with Gasteiger partial charge in [-0.25, -0.2) is 4.98 Å². The van der Waals surface area contributed by atoms with E-state index in [2.05, 4.69) is 21.8 Å². The van der Waals surface area contributed by atoms with Gasteiger partial charge in [0.15, 0.2) is 0 Å². The molecule has 92 valence electrons. The first-order valence-electron chi connectivity index (χ1n) is 6.33. The van der Waals surface area contributed by atoms with Crippen molar-refractivity contribution in [3.05, 3.63) is 16.1 Å². The van der Waals surface area contributed by atoms with Gasteiger partial charge in [0.2, 0.25) is 0 Å². The SMILES string of the molecule is Cc1nc(CNC2CCCCCC2C#N)cs1. The van der Waals surface area contributed by atoms with Crippen LogP contribution in [0.2, 0.25) is 0 Å². The van der Waals surface area contributed by atoms with E-state index in [1.54, 1.807) is 11.3 Å². The largest absolute Gasteiger partial charge is 0.307 e. The molecule has 1 aromatic heterocycles. The first kappa shape index (κ1) is 12.5. The summed E-state index contributed by atoms with van der Waals surface area (Å²) in [7, 11) is 0. The summed E-state index contributed by atoms with van der Waals surface area (Å²) >= 11 is 1.69. The Bertz CT molecular complexity index is 394. The van der Waals surface area contributed by atoms with Gasteiger partial charge in [-0.1, -0.05) is 19.3 Å². The first-order valence-corrected chi connectivity index (χ1v) is 7.21. The van der Waals surface area contributed by atoms with Gasteiger partial charge in [-0.3, -0.25) is 0 Å². The third-order valence-corrected chi connectivity index (χ3v) is 4.22. The molecule has 0 amide bonds. The zero-order chi connectivity index (χ0) is 12.1. The molecule has 1 aliphatic carbocycles. The summed E-state index contributed by atoms with van der Waals surface area (Å²) in [6.45, 7) is 2.82. The van der Waals surface area contributed by atoms with Gasteiger partial charge in [0.05, 0.1) is 22.7 Å². The Kier molecular flexibility index (Phi) is 4.52. The van der Waals surface area contributed by atoms with Crippen LogP contribution in [0.1, 0.15) is 42.8 Å². The maximum atomic E-state index is 9.18. The lowest BCUT2D eigenvalue weighted by Gasteiger charge is -2.20. The van der Waals surface area contributed by atoms with Crippen LogP contribution in [0.3, 0.4) is 0 Å². The van der Waals surface area contributed by atoms with Gasteiger partial charge in [0.1, 0.15) is 0 Å². The molecule has 1 saturated carbocycles. The number of hydrogen-bond donors (Lipinski definition) is 1. The third kappa shape index (κ3) is 3.52. The van der Waals surface area contributed by atoms with Crippen molar-refractivity contribution < 1.29 is 0 Å². The van der Waals surface area contributed by atoms with Crippen molar-refractivity contribution in [2.45, 2.75) is 51.6 Å². The van der Waals surface area contributed by atoms with Gasteiger partial charge in [-0.2, -0.15) is 5.26 Å². The molecule has 1 heterocycles. The molecular weight excluding hydrogens is 230 g/mol. The van der Waals surface area contributed by atoms with E-state index >= 15 is 0 Å². The normalized spacial score (nSPS) is 25.2. The summed E-state index contributed by atoms with van der Waals surface area (Å²) < 4.78 is 0. The maximum Gasteiger partial charge on any atom is 0.0897 e. The lowest BCUT2D eigenvalue weighted by atomic mass is 9.96. The number of nitrogens with one attached hydrogen (secondary N) is 1. The lowest BCUT2D eigenvalue weighted by molar-refractivity contribution is 0.392. The highest BCUT2D eigenvalue weighted by molar-refractivity contribution is 7.09. The maximum absolute atomic E-state index is 9.18. The van der Waals surface area contributed by atoms with Crippen LogP contribution in [-0.2, 0) is 6.54 Å². The van der Waals surface area contributed by atoms with Gasteiger partial charge >= 0.3 is 0 Å². The van der Waals surface area contributed by atoms with E-state index in [4.69, 9.17) is 0 Å². The highest BCUT2D eigenvalue weighted by Crippen LogP contribution is 2.23. The predicted octanol–water partition coefficient (Wildman–Crippen LogP) is 3.01. The van der Waals surface area contributed by atoms with Crippen LogP contribution in [-0.4, -0.2) is 11.0 Å². The molecule has 1 aromatic rings. The van der Waals surface area contributed by atoms with Crippen LogP contribution in [0.15, 0.2) is 5.38 Å². The Labute approximate surface area is 107 Å². The molecule has 2 unspecified atom stereocenters. The third-order valence-electron chi connectivity index (χ3n) is 3.39. The Balaban J connectivity index is 1.90. The van der Waals surface area contributed by atoms with Gasteiger partial charge in [-0.15, -0.1) is 11.3 Å². The molecule has 1 N–H and O–H groups in total. The van der Waals surface area contributed by atoms with Crippen molar-refractivity contribution in [2.24, 2.45) is 5.92 Å². The van der Waals surface area contributed by atoms with Crippen molar-refractivity contribution in [2.75, 3.05) is 0 Å². The standard InChI is InChI=1S/C13H19N3S/c1-10-16-12(9-17-10)8-15-13-6-4-2-3-5-11(13)7-14/h9,11,13,15H,2-6,8H2,1H3. The molecule has 0 aliphatic heterocycles. The van der Waals surface area contributed by atoms with E-state index in [0.717, 1.165) is 30.1 Å². The molecule has 1 aliphatic rings. The number of nitrogens with zero attached hydrogens (tertiary/aromatic N) is 2. The number of hydrogen-bond acceptors (Lipinski definition) is 4. The second-order valence-corrected chi connectivity index (χ2v) is 5.78. The van der Waals surface area contributed by atoms with Gasteiger partial charge < -0.3 is 5.32 Å². The van der Waals surface area contributed by atoms with E-state index in [-0.39, 0.29) is 5.92 Å². The van der Waals surface area contributed by atoms with Crippen molar-refractivity contribution >= 4 is 11.3 Å². The monoisotopic (exact) mass is 249 g/mol. The second kappa shape index (κ2) is 6.13. The van der Waals surface area contributed by atoms with E-state index < -0.39 is 0 Å². The van der Waals surface area contributed by atoms with E-state index in [9.17, 15) is 5.26 Å². The molecule has 2 atom stereocenters. The zero-order valence-electron chi connectivity index (χ0n) is 10.3. The molecule has 0 radical (unpaired) electrons. The van der Waals surface area contributed by atoms with Gasteiger partial charge in [0, 0.05) is 18.0 Å². The zero-order valence-corrected chi connectivity index (χ0v) is 11.1. The van der Waals surface area contributed by atoms with Crippen molar-refractivity contribution in [1.29, 1.82) is 5.26 Å². The van der Waals surface area contributed by atoms with Crippen molar-refractivity contribution in [3.8, 4) is 6.07 Å². The average Bonchev–Trinajstić information content (AvgIpc) is 2.63. The Morgan fingerprint density at radius 1 is 1.47 bits per heavy atom. The van der Waals surface area contributed by atoms with Crippen molar-refractivity contribution in [1.82, 2.24) is 10.3 Å². The first-order chi connectivity index (χ1) is 8.29. The average molecular weight is 249 g/mol. The van der Waals surface area contributed by atoms with Crippen LogP contribution < -0.4 is 5.32 Å². The molecule has 1 fully saturated rings. The minimum Gasteiger partial charge on any atom is -0.307 e. The van der Waals surface area contributed by atoms with Crippen molar-refractivity contribution in [3.63, 3.8) is 0 Å². The van der Waals surface area contributed by atoms with Gasteiger partial charge in [0.25, 0.3) is 0 Å². The number of aromatic nitrogens is 1. The number of rotatable bonds is 3. The molecule has 3 nitrogen and oxygen atoms in total. The summed E-state index contributed by atoms with van der Waals surface area (Å²) in [5, 5.41) is 15.9. The van der Waals surface area contributed by atoms with E-state index in [1.165, 1.54) is 19.3 Å². The molecule has 17 heavy (non-hydrogen) atoms. The summed E-state index contributed by atoms with van der Waals surface area (Å²) in [5.74, 6) is 0.178. The van der Waals surface area contributed by atoms with Crippen LogP contribution in [0.4, 0.5) is 0 Å². The summed E-state index contributed by atoms with van der Waals surface area (Å²) in [5.41, 5.74) is 1.11. The Hall–Kier alpha value is -0.920. The Morgan fingerprint density at radius 2 is 2.29 bits per heavy atom. The lowest BCUT2D eigenvalue weighted by Crippen LogP contribution is -2.34. The molecule has 0 bridgehead atoms.